The molecule has 164 valence electrons. The van der Waals surface area contributed by atoms with Crippen LogP contribution in [0.2, 0.25) is 0 Å². The summed E-state index contributed by atoms with van der Waals surface area (Å²) in [6.07, 6.45) is 2.62. The van der Waals surface area contributed by atoms with Gasteiger partial charge in [-0.25, -0.2) is 8.42 Å². The van der Waals surface area contributed by atoms with E-state index in [0.717, 1.165) is 24.8 Å². The number of aromatic hydroxyl groups is 1. The van der Waals surface area contributed by atoms with Gasteiger partial charge in [-0.1, -0.05) is 18.2 Å². The van der Waals surface area contributed by atoms with Crippen LogP contribution >= 0.6 is 0 Å². The lowest BCUT2D eigenvalue weighted by Crippen LogP contribution is -2.46. The third kappa shape index (κ3) is 4.36. The summed E-state index contributed by atoms with van der Waals surface area (Å²) in [6, 6.07) is 9.98. The smallest absolute Gasteiger partial charge is 0.259 e. The Kier molecular flexibility index (Phi) is 5.62. The highest BCUT2D eigenvalue weighted by molar-refractivity contribution is 7.89. The molecule has 9 heteroatoms. The molecule has 0 radical (unpaired) electrons. The summed E-state index contributed by atoms with van der Waals surface area (Å²) < 4.78 is 33.4. The highest BCUT2D eigenvalue weighted by atomic mass is 32.2. The quantitative estimate of drug-likeness (QED) is 0.748. The third-order valence-electron chi connectivity index (χ3n) is 5.65. The summed E-state index contributed by atoms with van der Waals surface area (Å²) in [5, 5.41) is 10.2. The number of carbonyl (C=O) groups is 1. The zero-order valence-corrected chi connectivity index (χ0v) is 18.1. The minimum atomic E-state index is -3.62. The minimum Gasteiger partial charge on any atom is -0.507 e. The van der Waals surface area contributed by atoms with E-state index >= 15 is 0 Å². The van der Waals surface area contributed by atoms with Crippen LogP contribution in [-0.2, 0) is 15.8 Å². The van der Waals surface area contributed by atoms with Crippen LogP contribution in [0.25, 0.3) is 0 Å². The van der Waals surface area contributed by atoms with Crippen LogP contribution < -0.4 is 10.5 Å². The highest BCUT2D eigenvalue weighted by Crippen LogP contribution is 2.30. The van der Waals surface area contributed by atoms with Crippen LogP contribution in [0.3, 0.4) is 0 Å². The fourth-order valence-corrected chi connectivity index (χ4v) is 5.23. The second-order valence-corrected chi connectivity index (χ2v) is 9.61. The Morgan fingerprint density at radius 3 is 2.87 bits per heavy atom. The normalized spacial score (nSPS) is 20.0. The first-order chi connectivity index (χ1) is 14.7. The maximum absolute atomic E-state index is 13.1. The Balaban J connectivity index is 1.55. The molecule has 0 saturated carbocycles. The Morgan fingerprint density at radius 2 is 2.10 bits per heavy atom. The molecule has 2 aromatic rings. The van der Waals surface area contributed by atoms with E-state index in [-0.39, 0.29) is 41.5 Å². The van der Waals surface area contributed by atoms with Crippen molar-refractivity contribution in [2.24, 2.45) is 10.1 Å². The molecule has 0 aliphatic carbocycles. The number of hydrogen-bond donors (Lipinski definition) is 2. The first kappa shape index (κ1) is 21.2. The zero-order chi connectivity index (χ0) is 22.2. The monoisotopic (exact) mass is 443 g/mol. The first-order valence-corrected chi connectivity index (χ1v) is 11.8. The lowest BCUT2D eigenvalue weighted by Gasteiger charge is -2.36. The molecular formula is C22H25N3O5S. The number of amides is 1. The molecule has 1 fully saturated rings. The number of piperidine rings is 1. The van der Waals surface area contributed by atoms with E-state index in [1.807, 2.05) is 6.92 Å². The molecular weight excluding hydrogens is 418 g/mol. The van der Waals surface area contributed by atoms with Crippen molar-refractivity contribution >= 4 is 21.8 Å². The molecule has 2 heterocycles. The predicted molar refractivity (Wildman–Crippen MR) is 117 cm³/mol. The van der Waals surface area contributed by atoms with Gasteiger partial charge >= 0.3 is 0 Å². The van der Waals surface area contributed by atoms with Gasteiger partial charge in [0.15, 0.2) is 0 Å². The molecule has 3 N–H and O–H groups in total. The Morgan fingerprint density at radius 1 is 1.29 bits per heavy atom. The van der Waals surface area contributed by atoms with Gasteiger partial charge in [0.05, 0.1) is 22.9 Å². The molecule has 2 aliphatic heterocycles. The molecule has 0 bridgehead atoms. The number of benzene rings is 2. The number of nitrogens with zero attached hydrogens (tertiary/aromatic N) is 2. The molecule has 31 heavy (non-hydrogen) atoms. The second kappa shape index (κ2) is 8.22. The van der Waals surface area contributed by atoms with Crippen molar-refractivity contribution in [1.29, 1.82) is 0 Å². The van der Waals surface area contributed by atoms with Gasteiger partial charge < -0.3 is 20.5 Å². The summed E-state index contributed by atoms with van der Waals surface area (Å²) >= 11 is 0. The highest BCUT2D eigenvalue weighted by Gasteiger charge is 2.30. The molecule has 1 atom stereocenters. The van der Waals surface area contributed by atoms with Gasteiger partial charge in [-0.3, -0.25) is 4.79 Å². The fraction of sp³-hybridized carbons (Fsp3) is 0.364. The predicted octanol–water partition coefficient (Wildman–Crippen LogP) is 2.32. The van der Waals surface area contributed by atoms with Gasteiger partial charge in [0.25, 0.3) is 15.9 Å². The van der Waals surface area contributed by atoms with Crippen LogP contribution in [0.5, 0.6) is 11.5 Å². The average Bonchev–Trinajstić information content (AvgIpc) is 2.71. The average molecular weight is 444 g/mol. The summed E-state index contributed by atoms with van der Waals surface area (Å²) in [5.41, 5.74) is 8.10. The Labute approximate surface area is 181 Å². The van der Waals surface area contributed by atoms with Crippen molar-refractivity contribution in [1.82, 2.24) is 4.90 Å². The summed E-state index contributed by atoms with van der Waals surface area (Å²) in [6.45, 7) is 2.66. The first-order valence-electron chi connectivity index (χ1n) is 10.2. The van der Waals surface area contributed by atoms with E-state index < -0.39 is 10.0 Å². The number of carbonyl (C=O) groups excluding carboxylic acids is 1. The van der Waals surface area contributed by atoms with Crippen LogP contribution in [0.4, 0.5) is 0 Å². The van der Waals surface area contributed by atoms with Gasteiger partial charge in [-0.05, 0) is 55.5 Å². The Bertz CT molecular complexity index is 1160. The molecule has 1 saturated heterocycles. The summed E-state index contributed by atoms with van der Waals surface area (Å²) in [5.74, 6) is -0.116. The molecule has 2 aromatic carbocycles. The molecule has 0 aromatic heterocycles. The van der Waals surface area contributed by atoms with E-state index in [2.05, 4.69) is 4.40 Å². The summed E-state index contributed by atoms with van der Waals surface area (Å²) in [7, 11) is -3.62. The Hall–Kier alpha value is -3.07. The van der Waals surface area contributed by atoms with Gasteiger partial charge in [0.1, 0.15) is 23.9 Å². The van der Waals surface area contributed by atoms with E-state index in [1.165, 1.54) is 0 Å². The van der Waals surface area contributed by atoms with E-state index in [0.29, 0.717) is 23.4 Å². The van der Waals surface area contributed by atoms with Gasteiger partial charge in [0.2, 0.25) is 0 Å². The molecule has 0 spiro atoms. The fourth-order valence-electron chi connectivity index (χ4n) is 4.14. The van der Waals surface area contributed by atoms with E-state index in [9.17, 15) is 18.3 Å². The number of phenols is 1. The standard InChI is InChI=1S/C22H25N3O5S/c1-14-8-9-17(18(26)11-14)22(27)25-10-3-2-6-16(25)12-30-19-7-4-5-15-13-31(28,29)24-21(23)20(15)19/h4-5,7-9,11,16,26H,2-3,6,10,12-13H2,1H3,(H2,23,24)/t16-/m1/s1. The largest absolute Gasteiger partial charge is 0.507 e. The van der Waals surface area contributed by atoms with Crippen molar-refractivity contribution in [3.05, 3.63) is 58.7 Å². The number of fused-ring (bicyclic) bond motifs is 1. The van der Waals surface area contributed by atoms with Gasteiger partial charge in [-0.15, -0.1) is 4.40 Å². The number of nitrogens with two attached hydrogens (primary N) is 1. The third-order valence-corrected chi connectivity index (χ3v) is 6.80. The number of ether oxygens (including phenoxy) is 1. The second-order valence-electron chi connectivity index (χ2n) is 7.97. The number of hydrogen-bond acceptors (Lipinski definition) is 6. The maximum Gasteiger partial charge on any atom is 0.259 e. The van der Waals surface area contributed by atoms with Crippen molar-refractivity contribution in [2.45, 2.75) is 38.0 Å². The number of rotatable bonds is 4. The maximum atomic E-state index is 13.1. The van der Waals surface area contributed by atoms with Crippen LogP contribution in [0, 0.1) is 6.92 Å². The van der Waals surface area contributed by atoms with E-state index in [4.69, 9.17) is 10.5 Å². The summed E-state index contributed by atoms with van der Waals surface area (Å²) in [4.78, 5) is 14.9. The molecule has 1 amide bonds. The van der Waals surface area contributed by atoms with Gasteiger partial charge in [-0.2, -0.15) is 0 Å². The van der Waals surface area contributed by atoms with Gasteiger partial charge in [0, 0.05) is 6.54 Å². The molecule has 4 rings (SSSR count). The van der Waals surface area contributed by atoms with Crippen LogP contribution in [-0.4, -0.2) is 49.4 Å². The van der Waals surface area contributed by atoms with Crippen molar-refractivity contribution < 1.29 is 23.1 Å². The van der Waals surface area contributed by atoms with Crippen molar-refractivity contribution in [3.63, 3.8) is 0 Å². The lowest BCUT2D eigenvalue weighted by molar-refractivity contribution is 0.0525. The SMILES string of the molecule is Cc1ccc(C(=O)N2CCCC[C@@H]2COc2cccc3c2C(N)=NS(=O)(=O)C3)c(O)c1. The number of likely N-dealkylation sites (tertiary alicyclic amines) is 1. The van der Waals surface area contributed by atoms with E-state index in [1.54, 1.807) is 41.3 Å². The minimum absolute atomic E-state index is 0.0300. The van der Waals surface area contributed by atoms with Crippen molar-refractivity contribution in [3.8, 4) is 11.5 Å². The van der Waals surface area contributed by atoms with Crippen LogP contribution in [0.1, 0.15) is 46.3 Å². The topological polar surface area (TPSA) is 122 Å². The molecule has 2 aliphatic rings. The zero-order valence-electron chi connectivity index (χ0n) is 17.2. The van der Waals surface area contributed by atoms with Crippen LogP contribution in [0.15, 0.2) is 40.8 Å². The number of phenolic OH excluding ortho intramolecular Hbond substituents is 1. The lowest BCUT2D eigenvalue weighted by atomic mass is 10.0. The molecule has 0 unspecified atom stereocenters. The number of amidine groups is 1. The number of aryl methyl sites for hydroxylation is 1. The molecule has 8 nitrogen and oxygen atoms in total. The van der Waals surface area contributed by atoms with Crippen molar-refractivity contribution in [2.75, 3.05) is 13.2 Å². The number of sulfonamides is 1.